The van der Waals surface area contributed by atoms with Crippen LogP contribution in [0.15, 0.2) is 30.3 Å². The number of rotatable bonds is 7. The van der Waals surface area contributed by atoms with Crippen LogP contribution < -0.4 is 5.32 Å². The first-order valence-corrected chi connectivity index (χ1v) is 8.37. The van der Waals surface area contributed by atoms with E-state index in [1.54, 1.807) is 0 Å². The zero-order valence-electron chi connectivity index (χ0n) is 13.5. The van der Waals surface area contributed by atoms with Crippen molar-refractivity contribution in [3.8, 4) is 0 Å². The normalized spacial score (nSPS) is 24.8. The number of carbonyl (C=O) groups is 2. The molecule has 0 heterocycles. The Labute approximate surface area is 136 Å². The zero-order chi connectivity index (χ0) is 16.4. The summed E-state index contributed by atoms with van der Waals surface area (Å²) in [5.74, 6) is -0.659. The van der Waals surface area contributed by atoms with Crippen molar-refractivity contribution in [2.75, 3.05) is 13.1 Å². The van der Waals surface area contributed by atoms with Gasteiger partial charge in [-0.05, 0) is 37.8 Å². The molecule has 0 atom stereocenters. The summed E-state index contributed by atoms with van der Waals surface area (Å²) in [7, 11) is 0. The third-order valence-corrected chi connectivity index (χ3v) is 5.22. The molecule has 1 aromatic carbocycles. The molecule has 1 amide bonds. The third-order valence-electron chi connectivity index (χ3n) is 5.22. The second-order valence-electron chi connectivity index (χ2n) is 6.70. The first kappa shape index (κ1) is 16.0. The van der Waals surface area contributed by atoms with E-state index in [-0.39, 0.29) is 30.0 Å². The highest BCUT2D eigenvalue weighted by atomic mass is 16.4. The summed E-state index contributed by atoms with van der Waals surface area (Å²) in [5.41, 5.74) is 0.784. The van der Waals surface area contributed by atoms with Crippen LogP contribution >= 0.6 is 0 Å². The number of likely N-dealkylation sites (N-methyl/N-ethyl adjacent to an activating group) is 1. The monoisotopic (exact) mass is 316 g/mol. The zero-order valence-corrected chi connectivity index (χ0v) is 13.5. The fourth-order valence-corrected chi connectivity index (χ4v) is 3.53. The molecule has 3 rings (SSSR count). The minimum Gasteiger partial charge on any atom is -0.480 e. The number of carboxylic acids is 1. The van der Waals surface area contributed by atoms with Crippen LogP contribution in [-0.4, -0.2) is 47.1 Å². The molecule has 0 radical (unpaired) electrons. The highest BCUT2D eigenvalue weighted by molar-refractivity contribution is 5.91. The summed E-state index contributed by atoms with van der Waals surface area (Å²) in [4.78, 5) is 25.5. The Balaban J connectivity index is 1.52. The first-order chi connectivity index (χ1) is 11.0. The summed E-state index contributed by atoms with van der Waals surface area (Å²) in [6.45, 7) is 2.78. The summed E-state index contributed by atoms with van der Waals surface area (Å²) in [5, 5.41) is 12.1. The lowest BCUT2D eigenvalue weighted by molar-refractivity contribution is -0.140. The second-order valence-corrected chi connectivity index (χ2v) is 6.70. The number of benzene rings is 1. The van der Waals surface area contributed by atoms with E-state index < -0.39 is 5.97 Å². The van der Waals surface area contributed by atoms with Gasteiger partial charge in [0.2, 0.25) is 5.91 Å². The molecule has 23 heavy (non-hydrogen) atoms. The minimum absolute atomic E-state index is 0.0792. The van der Waals surface area contributed by atoms with Crippen LogP contribution in [0.2, 0.25) is 0 Å². The van der Waals surface area contributed by atoms with Crippen molar-refractivity contribution in [3.05, 3.63) is 35.9 Å². The second kappa shape index (κ2) is 6.32. The van der Waals surface area contributed by atoms with E-state index >= 15 is 0 Å². The number of amides is 1. The van der Waals surface area contributed by atoms with E-state index in [9.17, 15) is 9.59 Å². The topological polar surface area (TPSA) is 69.6 Å². The SMILES string of the molecule is CCN(CC(=O)O)C1CC(NC(=O)C2(c3ccccc3)CC2)C1. The molecule has 0 bridgehead atoms. The Morgan fingerprint density at radius 2 is 1.91 bits per heavy atom. The molecular formula is C18H24N2O3. The van der Waals surface area contributed by atoms with Gasteiger partial charge in [-0.25, -0.2) is 0 Å². The molecule has 0 saturated heterocycles. The van der Waals surface area contributed by atoms with Crippen LogP contribution in [0.1, 0.15) is 38.2 Å². The van der Waals surface area contributed by atoms with E-state index in [0.29, 0.717) is 0 Å². The fraction of sp³-hybridized carbons (Fsp3) is 0.556. The predicted molar refractivity (Wildman–Crippen MR) is 87.2 cm³/mol. The average molecular weight is 316 g/mol. The van der Waals surface area contributed by atoms with Crippen molar-refractivity contribution in [3.63, 3.8) is 0 Å². The van der Waals surface area contributed by atoms with Gasteiger partial charge >= 0.3 is 5.97 Å². The van der Waals surface area contributed by atoms with E-state index in [2.05, 4.69) is 5.32 Å². The van der Waals surface area contributed by atoms with Crippen LogP contribution in [0.5, 0.6) is 0 Å². The van der Waals surface area contributed by atoms with Gasteiger partial charge in [-0.3, -0.25) is 14.5 Å². The van der Waals surface area contributed by atoms with E-state index in [4.69, 9.17) is 5.11 Å². The molecule has 1 aromatic rings. The Morgan fingerprint density at radius 1 is 1.26 bits per heavy atom. The molecule has 5 nitrogen and oxygen atoms in total. The molecular weight excluding hydrogens is 292 g/mol. The maximum atomic E-state index is 12.6. The summed E-state index contributed by atoms with van der Waals surface area (Å²) < 4.78 is 0. The van der Waals surface area contributed by atoms with Crippen molar-refractivity contribution in [1.29, 1.82) is 0 Å². The molecule has 2 fully saturated rings. The van der Waals surface area contributed by atoms with Gasteiger partial charge in [0.1, 0.15) is 0 Å². The number of nitrogens with zero attached hydrogens (tertiary/aromatic N) is 1. The van der Waals surface area contributed by atoms with Crippen LogP contribution in [-0.2, 0) is 15.0 Å². The molecule has 0 unspecified atom stereocenters. The van der Waals surface area contributed by atoms with Gasteiger partial charge in [-0.2, -0.15) is 0 Å². The van der Waals surface area contributed by atoms with Gasteiger partial charge in [0.25, 0.3) is 0 Å². The van der Waals surface area contributed by atoms with Gasteiger partial charge in [-0.1, -0.05) is 37.3 Å². The molecule has 124 valence electrons. The van der Waals surface area contributed by atoms with Gasteiger partial charge < -0.3 is 10.4 Å². The standard InChI is InChI=1S/C18H24N2O3/c1-2-20(12-16(21)22)15-10-14(11-15)19-17(23)18(8-9-18)13-6-4-3-5-7-13/h3-7,14-15H,2,8-12H2,1H3,(H,19,23)(H,21,22). The van der Waals surface area contributed by atoms with Crippen molar-refractivity contribution in [1.82, 2.24) is 10.2 Å². The lowest BCUT2D eigenvalue weighted by atomic mass is 9.84. The number of nitrogens with one attached hydrogen (secondary N) is 1. The number of aliphatic carboxylic acids is 1. The van der Waals surface area contributed by atoms with Crippen LogP contribution in [0.25, 0.3) is 0 Å². The van der Waals surface area contributed by atoms with E-state index in [1.165, 1.54) is 0 Å². The van der Waals surface area contributed by atoms with Gasteiger partial charge in [0.15, 0.2) is 0 Å². The Bertz CT molecular complexity index is 577. The summed E-state index contributed by atoms with van der Waals surface area (Å²) in [6, 6.07) is 10.4. The van der Waals surface area contributed by atoms with Crippen molar-refractivity contribution < 1.29 is 14.7 Å². The molecule has 0 spiro atoms. The van der Waals surface area contributed by atoms with Gasteiger partial charge in [-0.15, -0.1) is 0 Å². The van der Waals surface area contributed by atoms with Crippen LogP contribution in [0.4, 0.5) is 0 Å². The van der Waals surface area contributed by atoms with Crippen molar-refractivity contribution in [2.24, 2.45) is 0 Å². The number of hydrogen-bond acceptors (Lipinski definition) is 3. The number of carboxylic acid groups (broad SMARTS) is 1. The van der Waals surface area contributed by atoms with Gasteiger partial charge in [0, 0.05) is 12.1 Å². The average Bonchev–Trinajstić information content (AvgIpc) is 3.31. The minimum atomic E-state index is -0.791. The smallest absolute Gasteiger partial charge is 0.317 e. The Hall–Kier alpha value is -1.88. The highest BCUT2D eigenvalue weighted by Crippen LogP contribution is 2.48. The maximum absolute atomic E-state index is 12.6. The molecule has 5 heteroatoms. The van der Waals surface area contributed by atoms with Gasteiger partial charge in [0.05, 0.1) is 12.0 Å². The molecule has 2 N–H and O–H groups in total. The summed E-state index contributed by atoms with van der Waals surface area (Å²) in [6.07, 6.45) is 3.52. The summed E-state index contributed by atoms with van der Waals surface area (Å²) >= 11 is 0. The lowest BCUT2D eigenvalue weighted by Gasteiger charge is -2.42. The highest BCUT2D eigenvalue weighted by Gasteiger charge is 2.52. The molecule has 0 aromatic heterocycles. The third kappa shape index (κ3) is 3.24. The fourth-order valence-electron chi connectivity index (χ4n) is 3.53. The number of hydrogen-bond donors (Lipinski definition) is 2. The number of carbonyl (C=O) groups excluding carboxylic acids is 1. The molecule has 0 aliphatic heterocycles. The van der Waals surface area contributed by atoms with Crippen molar-refractivity contribution >= 4 is 11.9 Å². The maximum Gasteiger partial charge on any atom is 0.317 e. The Morgan fingerprint density at radius 3 is 2.43 bits per heavy atom. The molecule has 2 aliphatic rings. The van der Waals surface area contributed by atoms with Crippen molar-refractivity contribution in [2.45, 2.75) is 50.1 Å². The predicted octanol–water partition coefficient (Wildman–Crippen LogP) is 1.77. The quantitative estimate of drug-likeness (QED) is 0.804. The van der Waals surface area contributed by atoms with E-state index in [1.807, 2.05) is 42.2 Å². The Kier molecular flexibility index (Phi) is 4.39. The molecule has 2 aliphatic carbocycles. The first-order valence-electron chi connectivity index (χ1n) is 8.37. The van der Waals surface area contributed by atoms with E-state index in [0.717, 1.165) is 37.8 Å². The van der Waals surface area contributed by atoms with Crippen LogP contribution in [0.3, 0.4) is 0 Å². The molecule has 2 saturated carbocycles. The van der Waals surface area contributed by atoms with Crippen LogP contribution in [0, 0.1) is 0 Å². The largest absolute Gasteiger partial charge is 0.480 e. The lowest BCUT2D eigenvalue weighted by Crippen LogP contribution is -2.56.